The molecule has 9 nitrogen and oxygen atoms in total. The van der Waals surface area contributed by atoms with E-state index in [0.29, 0.717) is 54.6 Å². The van der Waals surface area contributed by atoms with Gasteiger partial charge in [0, 0.05) is 45.0 Å². The van der Waals surface area contributed by atoms with Crippen LogP contribution in [0.2, 0.25) is 0 Å². The van der Waals surface area contributed by atoms with E-state index in [0.717, 1.165) is 11.4 Å². The summed E-state index contributed by atoms with van der Waals surface area (Å²) in [5, 5.41) is 0. The van der Waals surface area contributed by atoms with Gasteiger partial charge >= 0.3 is 0 Å². The predicted octanol–water partition coefficient (Wildman–Crippen LogP) is 3.37. The second kappa shape index (κ2) is 10.6. The van der Waals surface area contributed by atoms with E-state index in [4.69, 9.17) is 14.2 Å². The minimum absolute atomic E-state index is 0.0284. The lowest BCUT2D eigenvalue weighted by Crippen LogP contribution is -2.53. The number of ether oxygens (including phenoxy) is 3. The van der Waals surface area contributed by atoms with Gasteiger partial charge in [0.1, 0.15) is 11.6 Å². The Bertz CT molecular complexity index is 1310. The van der Waals surface area contributed by atoms with Gasteiger partial charge in [-0.3, -0.25) is 9.59 Å². The standard InChI is InChI=1S/C29H32N4O5/c1-31-27(19-8-10-20(36-2)11-9-19)26(21-17-23(37-3)24(38-4)18-22(21)28(31)34)29(35)33-15-13-32(14-16-33)25-7-5-6-12-30-25/h5-12,17-18,26-27H,13-16H2,1-4H3/t26-,27+/m0/s1. The van der Waals surface area contributed by atoms with Gasteiger partial charge in [-0.05, 0) is 47.5 Å². The molecule has 3 heterocycles. The molecule has 2 aliphatic rings. The fourth-order valence-corrected chi connectivity index (χ4v) is 5.43. The van der Waals surface area contributed by atoms with Crippen molar-refractivity contribution in [2.75, 3.05) is 59.5 Å². The van der Waals surface area contributed by atoms with Gasteiger partial charge in [0.05, 0.1) is 33.3 Å². The summed E-state index contributed by atoms with van der Waals surface area (Å²) < 4.78 is 16.4. The molecule has 1 aromatic heterocycles. The topological polar surface area (TPSA) is 84.4 Å². The molecule has 9 heteroatoms. The molecule has 0 bridgehead atoms. The molecule has 2 amide bonds. The second-order valence-electron chi connectivity index (χ2n) is 9.41. The second-order valence-corrected chi connectivity index (χ2v) is 9.41. The molecule has 0 saturated carbocycles. The molecule has 0 N–H and O–H groups in total. The van der Waals surface area contributed by atoms with E-state index in [1.807, 2.05) is 47.4 Å². The van der Waals surface area contributed by atoms with Crippen LogP contribution in [0.3, 0.4) is 0 Å². The van der Waals surface area contributed by atoms with E-state index >= 15 is 0 Å². The molecule has 3 aromatic rings. The van der Waals surface area contributed by atoms with Crippen molar-refractivity contribution in [2.45, 2.75) is 12.0 Å². The van der Waals surface area contributed by atoms with Crippen molar-refractivity contribution in [1.82, 2.24) is 14.8 Å². The Labute approximate surface area is 222 Å². The van der Waals surface area contributed by atoms with Crippen LogP contribution < -0.4 is 19.1 Å². The number of benzene rings is 2. The van der Waals surface area contributed by atoms with Crippen LogP contribution in [0.5, 0.6) is 17.2 Å². The van der Waals surface area contributed by atoms with E-state index < -0.39 is 12.0 Å². The maximum Gasteiger partial charge on any atom is 0.254 e. The van der Waals surface area contributed by atoms with E-state index in [2.05, 4.69) is 9.88 Å². The number of amides is 2. The van der Waals surface area contributed by atoms with E-state index in [1.165, 1.54) is 7.11 Å². The summed E-state index contributed by atoms with van der Waals surface area (Å²) in [7, 11) is 6.44. The number of pyridine rings is 1. The van der Waals surface area contributed by atoms with Gasteiger partial charge in [-0.2, -0.15) is 0 Å². The van der Waals surface area contributed by atoms with Crippen LogP contribution in [0.25, 0.3) is 0 Å². The highest BCUT2D eigenvalue weighted by molar-refractivity contribution is 6.02. The van der Waals surface area contributed by atoms with E-state index in [-0.39, 0.29) is 11.8 Å². The van der Waals surface area contributed by atoms with Gasteiger partial charge in [-0.1, -0.05) is 18.2 Å². The number of methoxy groups -OCH3 is 3. The molecular formula is C29H32N4O5. The Balaban J connectivity index is 1.54. The van der Waals surface area contributed by atoms with Gasteiger partial charge in [-0.15, -0.1) is 0 Å². The van der Waals surface area contributed by atoms with E-state index in [9.17, 15) is 9.59 Å². The number of fused-ring (bicyclic) bond motifs is 1. The van der Waals surface area contributed by atoms with Crippen LogP contribution in [-0.4, -0.2) is 81.2 Å². The third kappa shape index (κ3) is 4.49. The predicted molar refractivity (Wildman–Crippen MR) is 143 cm³/mol. The van der Waals surface area contributed by atoms with Crippen molar-refractivity contribution in [3.8, 4) is 17.2 Å². The molecule has 5 rings (SSSR count). The van der Waals surface area contributed by atoms with Crippen molar-refractivity contribution in [1.29, 1.82) is 0 Å². The van der Waals surface area contributed by atoms with Gasteiger partial charge in [0.2, 0.25) is 5.91 Å². The Hall–Kier alpha value is -4.27. The quantitative estimate of drug-likeness (QED) is 0.497. The molecule has 0 unspecified atom stereocenters. The molecular weight excluding hydrogens is 484 g/mol. The van der Waals surface area contributed by atoms with Crippen molar-refractivity contribution >= 4 is 17.6 Å². The normalized spacial score (nSPS) is 19.2. The van der Waals surface area contributed by atoms with Crippen molar-refractivity contribution in [2.24, 2.45) is 0 Å². The molecule has 0 spiro atoms. The zero-order valence-electron chi connectivity index (χ0n) is 22.1. The van der Waals surface area contributed by atoms with Gasteiger partial charge in [-0.25, -0.2) is 4.98 Å². The fraction of sp³-hybridized carbons (Fsp3) is 0.345. The first kappa shape index (κ1) is 25.4. The summed E-state index contributed by atoms with van der Waals surface area (Å²) in [6.07, 6.45) is 1.78. The molecule has 2 atom stereocenters. The molecule has 198 valence electrons. The number of anilines is 1. The number of rotatable bonds is 6. The SMILES string of the molecule is COc1ccc([C@@H]2[C@@H](C(=O)N3CCN(c4ccccn4)CC3)c3cc(OC)c(OC)cc3C(=O)N2C)cc1. The minimum Gasteiger partial charge on any atom is -0.497 e. The molecule has 1 fully saturated rings. The number of aromatic nitrogens is 1. The summed E-state index contributed by atoms with van der Waals surface area (Å²) in [5.41, 5.74) is 1.94. The average molecular weight is 517 g/mol. The minimum atomic E-state index is -0.623. The van der Waals surface area contributed by atoms with E-state index in [1.54, 1.807) is 44.5 Å². The molecule has 1 saturated heterocycles. The molecule has 2 aliphatic heterocycles. The van der Waals surface area contributed by atoms with Crippen LogP contribution in [0.15, 0.2) is 60.8 Å². The van der Waals surface area contributed by atoms with Gasteiger partial charge in [0.25, 0.3) is 5.91 Å². The highest BCUT2D eigenvalue weighted by atomic mass is 16.5. The summed E-state index contributed by atoms with van der Waals surface area (Å²) in [5.74, 6) is 1.72. The highest BCUT2D eigenvalue weighted by Gasteiger charge is 2.45. The van der Waals surface area contributed by atoms with Crippen LogP contribution in [0.1, 0.15) is 33.4 Å². The van der Waals surface area contributed by atoms with Crippen LogP contribution in [0.4, 0.5) is 5.82 Å². The van der Waals surface area contributed by atoms with Crippen molar-refractivity contribution in [3.63, 3.8) is 0 Å². The molecule has 38 heavy (non-hydrogen) atoms. The van der Waals surface area contributed by atoms with Crippen molar-refractivity contribution in [3.05, 3.63) is 77.5 Å². The lowest BCUT2D eigenvalue weighted by Gasteiger charge is -2.43. The first-order valence-corrected chi connectivity index (χ1v) is 12.6. The average Bonchev–Trinajstić information content (AvgIpc) is 2.98. The third-order valence-electron chi connectivity index (χ3n) is 7.46. The zero-order valence-corrected chi connectivity index (χ0v) is 22.1. The zero-order chi connectivity index (χ0) is 26.8. The monoisotopic (exact) mass is 516 g/mol. The third-order valence-corrected chi connectivity index (χ3v) is 7.46. The van der Waals surface area contributed by atoms with Gasteiger partial charge < -0.3 is 28.9 Å². The lowest BCUT2D eigenvalue weighted by atomic mass is 9.78. The summed E-state index contributed by atoms with van der Waals surface area (Å²) in [6, 6.07) is 16.3. The van der Waals surface area contributed by atoms with Crippen LogP contribution >= 0.6 is 0 Å². The lowest BCUT2D eigenvalue weighted by molar-refractivity contribution is -0.134. The number of piperazine rings is 1. The summed E-state index contributed by atoms with van der Waals surface area (Å²) in [4.78, 5) is 38.1. The number of hydrogen-bond acceptors (Lipinski definition) is 7. The van der Waals surface area contributed by atoms with Crippen molar-refractivity contribution < 1.29 is 23.8 Å². The highest BCUT2D eigenvalue weighted by Crippen LogP contribution is 2.46. The largest absolute Gasteiger partial charge is 0.497 e. The summed E-state index contributed by atoms with van der Waals surface area (Å²) >= 11 is 0. The number of likely N-dealkylation sites (N-methyl/N-ethyl adjacent to an activating group) is 1. The molecule has 2 aromatic carbocycles. The molecule has 0 aliphatic carbocycles. The number of carbonyl (C=O) groups excluding carboxylic acids is 2. The first-order valence-electron chi connectivity index (χ1n) is 12.6. The Kier molecular flexibility index (Phi) is 7.09. The maximum absolute atomic E-state index is 14.3. The number of carbonyl (C=O) groups is 2. The number of nitrogens with zero attached hydrogens (tertiary/aromatic N) is 4. The van der Waals surface area contributed by atoms with Gasteiger partial charge in [0.15, 0.2) is 11.5 Å². The Morgan fingerprint density at radius 1 is 0.895 bits per heavy atom. The first-order chi connectivity index (χ1) is 18.5. The maximum atomic E-state index is 14.3. The van der Waals surface area contributed by atoms with Crippen LogP contribution in [-0.2, 0) is 4.79 Å². The Morgan fingerprint density at radius 2 is 1.58 bits per heavy atom. The summed E-state index contributed by atoms with van der Waals surface area (Å²) in [6.45, 7) is 2.47. The Morgan fingerprint density at radius 3 is 2.18 bits per heavy atom. The smallest absolute Gasteiger partial charge is 0.254 e. The van der Waals surface area contributed by atoms with Crippen LogP contribution in [0, 0.1) is 0 Å². The number of hydrogen-bond donors (Lipinski definition) is 0. The molecule has 0 radical (unpaired) electrons. The fourth-order valence-electron chi connectivity index (χ4n) is 5.43.